The molecule has 8 amide bonds. The maximum Gasteiger partial charge on any atom is 0.266 e. The van der Waals surface area contributed by atoms with Crippen LogP contribution < -0.4 is 38.2 Å². The minimum atomic E-state index is -0.786. The SMILES string of the molecule is C=CCN1C(=O)c2ccc(Oc3ccc(C4(c5ccc(Oc6ccc7c(c6)C(=O)N(c6ccc(Oc8ccc(C9(c%10ccc(Oc%11ccc(N%12C(=O)c%13ccc(Oc%14ccc(C%15(c%16ccc(Oc%17ccc%18c(c%17)C(=O)N(CC=C)C%18=O)cc%16)c%16ccccc%16-c%16ccccc%16%15)cc%14)cc%13C%12=O)cc%11)cc%10)c%10ccccc%10-c%10ccccc%109)cc8)cc6)C7=O)cc5)c5ccccc5-c5ccccc54)cc3)cc2C1=O. The van der Waals surface area contributed by atoms with Crippen LogP contribution in [0, 0.1) is 0 Å². The standard InChI is InChI=1S/C125H78N4O14/c1-3-69-126-115(130)101-65-61-91(71-105(101)117(126)132)140-85-49-33-77(34-50-85)124(111-25-13-7-19-97(111)98-20-8-14-26-112(98)124)79-37-53-87(54-38-79)142-93-63-67-103-107(73-93)121(136)128(119(103)134)81-41-57-89(58-42-81)138-83-45-29-75(30-46-83)123(109-23-11-5-17-95(109)96-18-6-12-24-110(96)123)76-31-47-84(48-32-76)139-90-59-43-82(44-60-90)129-120(135)104-68-64-94(74-108(104)122(129)137)143-88-55-39-80(40-56-88)125(113-27-15-9-21-99(113)100-22-10-16-28-114(100)125)78-35-51-86(52-36-78)141-92-62-66-102-106(72-92)118(133)127(70-4-2)116(102)131/h3-68,71-74H,1-2,69-70H2. The van der Waals surface area contributed by atoms with Gasteiger partial charge in [-0.2, -0.15) is 0 Å². The molecular formula is C125H78N4O14. The van der Waals surface area contributed by atoms with Gasteiger partial charge in [-0.05, 0) is 294 Å². The van der Waals surface area contributed by atoms with E-state index < -0.39 is 51.7 Å². The molecule has 7 aliphatic rings. The maximum absolute atomic E-state index is 14.5. The number of hydrogen-bond donors (Lipinski definition) is 0. The van der Waals surface area contributed by atoms with Crippen molar-refractivity contribution in [1.82, 2.24) is 9.80 Å². The van der Waals surface area contributed by atoms with Gasteiger partial charge < -0.3 is 28.4 Å². The average Bonchev–Trinajstić information content (AvgIpc) is 1.55. The summed E-state index contributed by atoms with van der Waals surface area (Å²) in [5.41, 5.74) is 19.6. The number of benzene rings is 18. The molecule has 4 heterocycles. The van der Waals surface area contributed by atoms with Crippen LogP contribution in [0.15, 0.2) is 438 Å². The molecule has 0 spiro atoms. The van der Waals surface area contributed by atoms with Crippen LogP contribution in [0.2, 0.25) is 0 Å². The lowest BCUT2D eigenvalue weighted by Crippen LogP contribution is -2.29. The molecule has 0 saturated heterocycles. The number of imide groups is 4. The molecule has 3 aliphatic carbocycles. The van der Waals surface area contributed by atoms with Gasteiger partial charge in [-0.3, -0.25) is 48.2 Å². The van der Waals surface area contributed by atoms with Gasteiger partial charge in [0.2, 0.25) is 0 Å². The fraction of sp³-hybridized carbons (Fsp3) is 0.0400. The zero-order valence-electron chi connectivity index (χ0n) is 76.2. The Morgan fingerprint density at radius 2 is 0.350 bits per heavy atom. The van der Waals surface area contributed by atoms with E-state index in [4.69, 9.17) is 28.4 Å². The molecule has 0 atom stereocenters. The summed E-state index contributed by atoms with van der Waals surface area (Å²) in [6.07, 6.45) is 3.05. The van der Waals surface area contributed by atoms with Gasteiger partial charge in [0.1, 0.15) is 69.0 Å². The summed E-state index contributed by atoms with van der Waals surface area (Å²) in [7, 11) is 0. The van der Waals surface area contributed by atoms with Crippen LogP contribution in [0.4, 0.5) is 11.4 Å². The third kappa shape index (κ3) is 13.5. The van der Waals surface area contributed by atoms with Crippen LogP contribution in [-0.2, 0) is 16.2 Å². The van der Waals surface area contributed by atoms with E-state index in [1.165, 1.54) is 22.0 Å². The molecule has 143 heavy (non-hydrogen) atoms. The second-order valence-electron chi connectivity index (χ2n) is 36.0. The highest BCUT2D eigenvalue weighted by Crippen LogP contribution is 2.61. The fourth-order valence-electron chi connectivity index (χ4n) is 22.1. The van der Waals surface area contributed by atoms with Crippen LogP contribution in [0.25, 0.3) is 33.4 Å². The smallest absolute Gasteiger partial charge is 0.266 e. The van der Waals surface area contributed by atoms with E-state index in [1.54, 1.807) is 121 Å². The van der Waals surface area contributed by atoms with E-state index in [0.717, 1.165) is 110 Å². The molecule has 18 nitrogen and oxygen atoms in total. The van der Waals surface area contributed by atoms with Crippen LogP contribution in [0.3, 0.4) is 0 Å². The Morgan fingerprint density at radius 3 is 0.566 bits per heavy atom. The highest BCUT2D eigenvalue weighted by Gasteiger charge is 2.51. The number of hydrogen-bond acceptors (Lipinski definition) is 14. The van der Waals surface area contributed by atoms with Crippen LogP contribution in [0.1, 0.15) is 150 Å². The lowest BCUT2D eigenvalue weighted by Gasteiger charge is -2.34. The van der Waals surface area contributed by atoms with Gasteiger partial charge in [0.25, 0.3) is 47.3 Å². The molecule has 18 aromatic rings. The Labute approximate surface area is 820 Å². The zero-order chi connectivity index (χ0) is 96.7. The predicted molar refractivity (Wildman–Crippen MR) is 544 cm³/mol. The lowest BCUT2D eigenvalue weighted by atomic mass is 9.68. The molecule has 0 N–H and O–H groups in total. The predicted octanol–water partition coefficient (Wildman–Crippen LogP) is 26.7. The number of carbonyl (C=O) groups is 8. The van der Waals surface area contributed by atoms with Crippen LogP contribution in [0.5, 0.6) is 69.0 Å². The molecule has 0 bridgehead atoms. The third-order valence-electron chi connectivity index (χ3n) is 28.4. The zero-order valence-corrected chi connectivity index (χ0v) is 76.2. The first-order valence-electron chi connectivity index (χ1n) is 46.8. The van der Waals surface area contributed by atoms with E-state index >= 15 is 0 Å². The quantitative estimate of drug-likeness (QED) is 0.0408. The monoisotopic (exact) mass is 1860 g/mol. The van der Waals surface area contributed by atoms with Gasteiger partial charge in [0.15, 0.2) is 0 Å². The van der Waals surface area contributed by atoms with E-state index in [9.17, 15) is 38.4 Å². The Hall–Kier alpha value is -19.2. The summed E-state index contributed by atoms with van der Waals surface area (Å²) >= 11 is 0. The molecular weight excluding hydrogens is 1780 g/mol. The van der Waals surface area contributed by atoms with Gasteiger partial charge in [-0.15, -0.1) is 13.2 Å². The van der Waals surface area contributed by atoms with E-state index in [2.05, 4.69) is 207 Å². The summed E-state index contributed by atoms with van der Waals surface area (Å²) < 4.78 is 38.8. The first-order chi connectivity index (χ1) is 70.0. The van der Waals surface area contributed by atoms with Gasteiger partial charge in [0, 0.05) is 13.1 Å². The number of fused-ring (bicyclic) bond motifs is 13. The molecule has 25 rings (SSSR count). The highest BCUT2D eigenvalue weighted by molar-refractivity contribution is 6.35. The number of amides is 8. The average molecular weight is 1860 g/mol. The van der Waals surface area contributed by atoms with Crippen molar-refractivity contribution in [3.63, 3.8) is 0 Å². The first kappa shape index (κ1) is 85.5. The van der Waals surface area contributed by atoms with Crippen molar-refractivity contribution in [1.29, 1.82) is 0 Å². The van der Waals surface area contributed by atoms with Crippen LogP contribution >= 0.6 is 0 Å². The van der Waals surface area contributed by atoms with Gasteiger partial charge in [0.05, 0.1) is 72.1 Å². The van der Waals surface area contributed by atoms with Crippen molar-refractivity contribution in [2.45, 2.75) is 16.2 Å². The minimum Gasteiger partial charge on any atom is -0.457 e. The van der Waals surface area contributed by atoms with Crippen molar-refractivity contribution in [2.75, 3.05) is 22.9 Å². The molecule has 0 fully saturated rings. The second kappa shape index (κ2) is 33.6. The summed E-state index contributed by atoms with van der Waals surface area (Å²) in [6, 6.07) is 132. The van der Waals surface area contributed by atoms with E-state index in [0.29, 0.717) is 91.5 Å². The van der Waals surface area contributed by atoms with E-state index in [-0.39, 0.29) is 58.3 Å². The van der Waals surface area contributed by atoms with E-state index in [1.807, 2.05) is 97.1 Å². The summed E-state index contributed by atoms with van der Waals surface area (Å²) in [4.78, 5) is 115. The minimum absolute atomic E-state index is 0.112. The van der Waals surface area contributed by atoms with Crippen molar-refractivity contribution in [3.05, 3.63) is 549 Å². The van der Waals surface area contributed by atoms with Crippen molar-refractivity contribution < 1.29 is 66.8 Å². The Bertz CT molecular complexity index is 7900. The number of nitrogens with zero attached hydrogens (tertiary/aromatic N) is 4. The Balaban J connectivity index is 0.422. The van der Waals surface area contributed by atoms with Crippen molar-refractivity contribution in [3.8, 4) is 102 Å². The molecule has 0 saturated carbocycles. The molecule has 0 aromatic heterocycles. The van der Waals surface area contributed by atoms with Gasteiger partial charge in [-0.25, -0.2) is 9.80 Å². The summed E-state index contributed by atoms with van der Waals surface area (Å²) in [5, 5.41) is 0. The molecule has 18 heteroatoms. The van der Waals surface area contributed by atoms with Gasteiger partial charge in [-0.1, -0.05) is 231 Å². The topological polar surface area (TPSA) is 205 Å². The Kier molecular flexibility index (Phi) is 20.1. The number of ether oxygens (including phenoxy) is 6. The molecule has 682 valence electrons. The summed E-state index contributed by atoms with van der Waals surface area (Å²) in [6.45, 7) is 7.62. The highest BCUT2D eigenvalue weighted by atomic mass is 16.5. The lowest BCUT2D eigenvalue weighted by molar-refractivity contribution is 0.0656. The normalized spacial score (nSPS) is 14.6. The number of rotatable bonds is 24. The fourth-order valence-corrected chi connectivity index (χ4v) is 22.1. The largest absolute Gasteiger partial charge is 0.457 e. The summed E-state index contributed by atoms with van der Waals surface area (Å²) in [5.74, 6) is 2.33. The second-order valence-corrected chi connectivity index (χ2v) is 36.0. The van der Waals surface area contributed by atoms with Crippen LogP contribution in [-0.4, -0.2) is 70.1 Å². The first-order valence-corrected chi connectivity index (χ1v) is 46.8. The van der Waals surface area contributed by atoms with Crippen molar-refractivity contribution in [2.24, 2.45) is 0 Å². The van der Waals surface area contributed by atoms with Gasteiger partial charge >= 0.3 is 0 Å². The number of anilines is 2. The third-order valence-corrected chi connectivity index (χ3v) is 28.4. The van der Waals surface area contributed by atoms with Crippen molar-refractivity contribution >= 4 is 58.6 Å². The molecule has 18 aromatic carbocycles. The number of carbonyl (C=O) groups excluding carboxylic acids is 8. The Morgan fingerprint density at radius 1 is 0.182 bits per heavy atom. The molecule has 4 aliphatic heterocycles. The maximum atomic E-state index is 14.5. The molecule has 0 radical (unpaired) electrons. The molecule has 0 unspecified atom stereocenters.